The molecule has 0 saturated heterocycles. The highest BCUT2D eigenvalue weighted by Crippen LogP contribution is 2.43. The first-order valence-electron chi connectivity index (χ1n) is 10.9. The van der Waals surface area contributed by atoms with Gasteiger partial charge in [0, 0.05) is 5.56 Å². The van der Waals surface area contributed by atoms with Crippen molar-refractivity contribution in [1.29, 1.82) is 0 Å². The lowest BCUT2D eigenvalue weighted by molar-refractivity contribution is 0.411. The number of hydrogen-bond acceptors (Lipinski definition) is 2. The number of phenolic OH excluding ortho intramolecular Hbond substituents is 2. The van der Waals surface area contributed by atoms with Gasteiger partial charge in [0.05, 0.1) is 0 Å². The number of hydrogen-bond donors (Lipinski definition) is 2. The molecule has 1 aliphatic carbocycles. The summed E-state index contributed by atoms with van der Waals surface area (Å²) in [6.07, 6.45) is 3.57. The Morgan fingerprint density at radius 3 is 2.32 bits per heavy atom. The Kier molecular flexibility index (Phi) is 5.62. The predicted molar refractivity (Wildman–Crippen MR) is 125 cm³/mol. The van der Waals surface area contributed by atoms with Gasteiger partial charge in [0.25, 0.3) is 0 Å². The molecule has 0 fully saturated rings. The Labute approximate surface area is 183 Å². The van der Waals surface area contributed by atoms with E-state index in [1.54, 1.807) is 24.3 Å². The number of allylic oxidation sites excluding steroid dienone is 1. The zero-order chi connectivity index (χ0) is 22.2. The molecule has 0 amide bonds. The molecule has 0 atom stereocenters. The van der Waals surface area contributed by atoms with E-state index in [2.05, 4.69) is 39.0 Å². The van der Waals surface area contributed by atoms with E-state index in [1.165, 1.54) is 17.2 Å². The minimum atomic E-state index is -0.611. The number of halogens is 1. The second-order valence-corrected chi connectivity index (χ2v) is 9.62. The fraction of sp³-hybridized carbons (Fsp3) is 0.286. The maximum absolute atomic E-state index is 14.2. The predicted octanol–water partition coefficient (Wildman–Crippen LogP) is 7.12. The highest BCUT2D eigenvalue weighted by Gasteiger charge is 2.23. The van der Waals surface area contributed by atoms with Crippen molar-refractivity contribution in [3.8, 4) is 11.5 Å². The van der Waals surface area contributed by atoms with E-state index in [9.17, 15) is 14.6 Å². The quantitative estimate of drug-likeness (QED) is 0.477. The third-order valence-corrected chi connectivity index (χ3v) is 5.82. The summed E-state index contributed by atoms with van der Waals surface area (Å²) in [5.41, 5.74) is 7.31. The van der Waals surface area contributed by atoms with Gasteiger partial charge >= 0.3 is 0 Å². The van der Waals surface area contributed by atoms with Gasteiger partial charge in [-0.1, -0.05) is 63.2 Å². The minimum absolute atomic E-state index is 0.201. The van der Waals surface area contributed by atoms with Crippen molar-refractivity contribution >= 4 is 11.1 Å². The van der Waals surface area contributed by atoms with Crippen LogP contribution in [0, 0.1) is 11.2 Å². The van der Waals surface area contributed by atoms with Crippen molar-refractivity contribution in [3.05, 3.63) is 94.3 Å². The first-order chi connectivity index (χ1) is 14.7. The van der Waals surface area contributed by atoms with Gasteiger partial charge in [-0.05, 0) is 82.7 Å². The van der Waals surface area contributed by atoms with E-state index < -0.39 is 5.82 Å². The largest absolute Gasteiger partial charge is 0.508 e. The standard InChI is InChI=1S/C28H29FO2/c1-28(2,3)17-18-10-15-22-20(16-18)6-4-7-23(24-8-5-9-25(29)27(24)31)26(22)19-11-13-21(30)14-12-19/h5,8-16,30-31H,4,6-7,17H2,1-3H3. The monoisotopic (exact) mass is 416 g/mol. The summed E-state index contributed by atoms with van der Waals surface area (Å²) >= 11 is 0. The Morgan fingerprint density at radius 1 is 0.871 bits per heavy atom. The van der Waals surface area contributed by atoms with Crippen LogP contribution in [0.1, 0.15) is 61.4 Å². The van der Waals surface area contributed by atoms with Crippen molar-refractivity contribution in [2.24, 2.45) is 5.41 Å². The summed E-state index contributed by atoms with van der Waals surface area (Å²) in [4.78, 5) is 0. The fourth-order valence-electron chi connectivity index (χ4n) is 4.55. The van der Waals surface area contributed by atoms with Crippen LogP contribution in [0.3, 0.4) is 0 Å². The summed E-state index contributed by atoms with van der Waals surface area (Å²) in [5.74, 6) is -0.712. The highest BCUT2D eigenvalue weighted by atomic mass is 19.1. The van der Waals surface area contributed by atoms with Crippen LogP contribution in [0.2, 0.25) is 0 Å². The molecule has 0 unspecified atom stereocenters. The third-order valence-electron chi connectivity index (χ3n) is 5.82. The maximum Gasteiger partial charge on any atom is 0.165 e. The van der Waals surface area contributed by atoms with E-state index in [0.717, 1.165) is 48.0 Å². The Balaban J connectivity index is 1.96. The number of aromatic hydroxyl groups is 2. The lowest BCUT2D eigenvalue weighted by Crippen LogP contribution is -2.09. The van der Waals surface area contributed by atoms with Crippen LogP contribution in [0.25, 0.3) is 11.1 Å². The lowest BCUT2D eigenvalue weighted by Gasteiger charge is -2.21. The zero-order valence-electron chi connectivity index (χ0n) is 18.4. The number of aryl methyl sites for hydroxylation is 1. The molecule has 2 N–H and O–H groups in total. The molecule has 0 bridgehead atoms. The number of fused-ring (bicyclic) bond motifs is 1. The molecule has 0 saturated carbocycles. The molecule has 0 heterocycles. The maximum atomic E-state index is 14.2. The SMILES string of the molecule is CC(C)(C)Cc1ccc2c(c1)CCCC(c1cccc(F)c1O)=C2c1ccc(O)cc1. The van der Waals surface area contributed by atoms with Crippen LogP contribution in [0.4, 0.5) is 4.39 Å². The van der Waals surface area contributed by atoms with E-state index in [0.29, 0.717) is 5.56 Å². The van der Waals surface area contributed by atoms with Gasteiger partial charge in [-0.2, -0.15) is 0 Å². The average Bonchev–Trinajstić information content (AvgIpc) is 2.89. The molecule has 0 aliphatic heterocycles. The fourth-order valence-corrected chi connectivity index (χ4v) is 4.55. The smallest absolute Gasteiger partial charge is 0.165 e. The first kappa shape index (κ1) is 21.2. The van der Waals surface area contributed by atoms with Crippen molar-refractivity contribution < 1.29 is 14.6 Å². The highest BCUT2D eigenvalue weighted by molar-refractivity contribution is 6.00. The molecule has 0 spiro atoms. The lowest BCUT2D eigenvalue weighted by atomic mass is 9.84. The molecule has 1 aliphatic rings. The second kappa shape index (κ2) is 8.22. The molecule has 3 aromatic rings. The van der Waals surface area contributed by atoms with Gasteiger partial charge in [-0.25, -0.2) is 4.39 Å². The van der Waals surface area contributed by atoms with Crippen LogP contribution in [0.15, 0.2) is 60.7 Å². The van der Waals surface area contributed by atoms with Crippen LogP contribution in [0.5, 0.6) is 11.5 Å². The summed E-state index contributed by atoms with van der Waals surface area (Å²) in [7, 11) is 0. The summed E-state index contributed by atoms with van der Waals surface area (Å²) in [5, 5.41) is 20.3. The average molecular weight is 417 g/mol. The number of benzene rings is 3. The normalized spacial score (nSPS) is 14.3. The van der Waals surface area contributed by atoms with Crippen molar-refractivity contribution in [2.75, 3.05) is 0 Å². The summed E-state index contributed by atoms with van der Waals surface area (Å²) in [6, 6.07) is 18.5. The topological polar surface area (TPSA) is 40.5 Å². The van der Waals surface area contributed by atoms with E-state index in [1.807, 2.05) is 12.1 Å². The van der Waals surface area contributed by atoms with Crippen LogP contribution in [-0.4, -0.2) is 10.2 Å². The van der Waals surface area contributed by atoms with Crippen molar-refractivity contribution in [2.45, 2.75) is 46.5 Å². The molecule has 0 aromatic heterocycles. The van der Waals surface area contributed by atoms with Crippen molar-refractivity contribution in [3.63, 3.8) is 0 Å². The molecule has 160 valence electrons. The third kappa shape index (κ3) is 4.51. The zero-order valence-corrected chi connectivity index (χ0v) is 18.4. The van der Waals surface area contributed by atoms with Gasteiger partial charge in [0.2, 0.25) is 0 Å². The van der Waals surface area contributed by atoms with E-state index in [-0.39, 0.29) is 16.9 Å². The van der Waals surface area contributed by atoms with Crippen LogP contribution >= 0.6 is 0 Å². The number of rotatable bonds is 3. The molecule has 31 heavy (non-hydrogen) atoms. The second-order valence-electron chi connectivity index (χ2n) is 9.62. The van der Waals surface area contributed by atoms with Crippen LogP contribution in [-0.2, 0) is 12.8 Å². The minimum Gasteiger partial charge on any atom is -0.508 e. The molecule has 3 aromatic carbocycles. The Bertz CT molecular complexity index is 1130. The van der Waals surface area contributed by atoms with Gasteiger partial charge in [0.1, 0.15) is 5.75 Å². The number of para-hydroxylation sites is 1. The van der Waals surface area contributed by atoms with Gasteiger partial charge < -0.3 is 10.2 Å². The van der Waals surface area contributed by atoms with Crippen LogP contribution < -0.4 is 0 Å². The van der Waals surface area contributed by atoms with Gasteiger partial charge in [-0.3, -0.25) is 0 Å². The van der Waals surface area contributed by atoms with E-state index >= 15 is 0 Å². The van der Waals surface area contributed by atoms with E-state index in [4.69, 9.17) is 0 Å². The van der Waals surface area contributed by atoms with Crippen molar-refractivity contribution in [1.82, 2.24) is 0 Å². The molecular weight excluding hydrogens is 387 g/mol. The summed E-state index contributed by atoms with van der Waals surface area (Å²) in [6.45, 7) is 6.72. The van der Waals surface area contributed by atoms with Gasteiger partial charge in [0.15, 0.2) is 11.6 Å². The molecule has 3 heteroatoms. The molecule has 0 radical (unpaired) electrons. The van der Waals surface area contributed by atoms with Gasteiger partial charge in [-0.15, -0.1) is 0 Å². The first-order valence-corrected chi connectivity index (χ1v) is 10.9. The summed E-state index contributed by atoms with van der Waals surface area (Å²) < 4.78 is 14.2. The Morgan fingerprint density at radius 2 is 1.61 bits per heavy atom. The number of phenols is 2. The Hall–Kier alpha value is -3.07. The molecular formula is C28H29FO2. The molecule has 4 rings (SSSR count). The molecule has 2 nitrogen and oxygen atoms in total.